The molecular formula is C9H7Cl2N5O. The minimum absolute atomic E-state index is 0.100. The van der Waals surface area contributed by atoms with E-state index >= 15 is 0 Å². The van der Waals surface area contributed by atoms with Crippen LogP contribution < -0.4 is 5.73 Å². The molecule has 0 aliphatic heterocycles. The van der Waals surface area contributed by atoms with Crippen LogP contribution in [0.3, 0.4) is 0 Å². The number of nitrogens with two attached hydrogens (primary N) is 1. The molecule has 17 heavy (non-hydrogen) atoms. The molecule has 2 aromatic heterocycles. The molecule has 0 unspecified atom stereocenters. The van der Waals surface area contributed by atoms with E-state index in [-0.39, 0.29) is 10.9 Å². The zero-order valence-electron chi connectivity index (χ0n) is 8.38. The third-order valence-corrected chi connectivity index (χ3v) is 2.59. The number of hydrogen-bond acceptors (Lipinski definition) is 4. The van der Waals surface area contributed by atoms with Crippen molar-refractivity contribution in [1.82, 2.24) is 14.8 Å². The Balaban J connectivity index is 2.57. The predicted octanol–water partition coefficient (Wildman–Crippen LogP) is 1.67. The minimum Gasteiger partial charge on any atom is -0.409 e. The van der Waals surface area contributed by atoms with Crippen LogP contribution in [0, 0.1) is 0 Å². The van der Waals surface area contributed by atoms with Gasteiger partial charge in [0.1, 0.15) is 0 Å². The van der Waals surface area contributed by atoms with Crippen molar-refractivity contribution in [1.29, 1.82) is 0 Å². The molecular weight excluding hydrogens is 265 g/mol. The fraction of sp³-hybridized carbons (Fsp3) is 0. The number of pyridine rings is 1. The van der Waals surface area contributed by atoms with E-state index in [1.165, 1.54) is 23.1 Å². The average Bonchev–Trinajstić information content (AvgIpc) is 2.75. The first-order valence-electron chi connectivity index (χ1n) is 4.46. The van der Waals surface area contributed by atoms with Gasteiger partial charge in [-0.05, 0) is 6.07 Å². The number of hydrogen-bond donors (Lipinski definition) is 2. The third kappa shape index (κ3) is 2.17. The molecule has 8 heteroatoms. The topological polar surface area (TPSA) is 89.3 Å². The zero-order valence-corrected chi connectivity index (χ0v) is 9.89. The Hall–Kier alpha value is -1.79. The Kier molecular flexibility index (Phi) is 3.16. The lowest BCUT2D eigenvalue weighted by Gasteiger charge is -2.06. The van der Waals surface area contributed by atoms with Crippen molar-refractivity contribution >= 4 is 29.0 Å². The van der Waals surface area contributed by atoms with Crippen molar-refractivity contribution in [3.63, 3.8) is 0 Å². The number of rotatable bonds is 2. The van der Waals surface area contributed by atoms with Gasteiger partial charge in [0.15, 0.2) is 11.7 Å². The van der Waals surface area contributed by atoms with Gasteiger partial charge in [-0.2, -0.15) is 5.10 Å². The van der Waals surface area contributed by atoms with E-state index in [2.05, 4.69) is 15.2 Å². The second-order valence-corrected chi connectivity index (χ2v) is 3.90. The van der Waals surface area contributed by atoms with Gasteiger partial charge in [-0.15, -0.1) is 0 Å². The maximum atomic E-state index is 8.62. The molecule has 0 aliphatic rings. The largest absolute Gasteiger partial charge is 0.409 e. The van der Waals surface area contributed by atoms with Crippen LogP contribution >= 0.6 is 23.2 Å². The van der Waals surface area contributed by atoms with Gasteiger partial charge in [0, 0.05) is 11.8 Å². The molecule has 0 saturated heterocycles. The van der Waals surface area contributed by atoms with Gasteiger partial charge < -0.3 is 10.9 Å². The zero-order chi connectivity index (χ0) is 12.4. The van der Waals surface area contributed by atoms with Crippen LogP contribution in [-0.4, -0.2) is 25.8 Å². The van der Waals surface area contributed by atoms with Gasteiger partial charge in [-0.3, -0.25) is 0 Å². The second kappa shape index (κ2) is 4.60. The second-order valence-electron chi connectivity index (χ2n) is 3.08. The fourth-order valence-corrected chi connectivity index (χ4v) is 1.69. The summed E-state index contributed by atoms with van der Waals surface area (Å²) in [4.78, 5) is 4.06. The van der Waals surface area contributed by atoms with E-state index < -0.39 is 0 Å². The van der Waals surface area contributed by atoms with Gasteiger partial charge in [0.25, 0.3) is 0 Å². The standard InChI is InChI=1S/C9H7Cl2N5O/c10-5-3-14-16(4-5)9-7(11)6(1-2-13-9)8(12)15-17/h1-4,17H,(H2,12,15). The average molecular weight is 272 g/mol. The quantitative estimate of drug-likeness (QED) is 0.376. The highest BCUT2D eigenvalue weighted by atomic mass is 35.5. The Morgan fingerprint density at radius 2 is 2.24 bits per heavy atom. The highest BCUT2D eigenvalue weighted by Crippen LogP contribution is 2.22. The number of oxime groups is 1. The summed E-state index contributed by atoms with van der Waals surface area (Å²) in [7, 11) is 0. The van der Waals surface area contributed by atoms with Gasteiger partial charge in [0.2, 0.25) is 0 Å². The van der Waals surface area contributed by atoms with E-state index in [1.54, 1.807) is 6.20 Å². The van der Waals surface area contributed by atoms with Crippen LogP contribution in [0.5, 0.6) is 0 Å². The fourth-order valence-electron chi connectivity index (χ4n) is 1.26. The lowest BCUT2D eigenvalue weighted by atomic mass is 10.2. The first-order chi connectivity index (χ1) is 8.13. The van der Waals surface area contributed by atoms with E-state index in [0.29, 0.717) is 16.4 Å². The van der Waals surface area contributed by atoms with Gasteiger partial charge in [0.05, 0.1) is 22.4 Å². The SMILES string of the molecule is N/C(=N/O)c1ccnc(-n2cc(Cl)cn2)c1Cl. The Bertz CT molecular complexity index is 581. The summed E-state index contributed by atoms with van der Waals surface area (Å²) in [6.07, 6.45) is 4.48. The first kappa shape index (κ1) is 11.7. The van der Waals surface area contributed by atoms with Crippen molar-refractivity contribution in [3.05, 3.63) is 40.3 Å². The van der Waals surface area contributed by atoms with Crippen LogP contribution in [-0.2, 0) is 0 Å². The van der Waals surface area contributed by atoms with E-state index in [1.807, 2.05) is 0 Å². The summed E-state index contributed by atoms with van der Waals surface area (Å²) >= 11 is 11.8. The van der Waals surface area contributed by atoms with Crippen LogP contribution in [0.15, 0.2) is 29.8 Å². The lowest BCUT2D eigenvalue weighted by molar-refractivity contribution is 0.318. The smallest absolute Gasteiger partial charge is 0.172 e. The molecule has 0 bridgehead atoms. The molecule has 0 atom stereocenters. The number of halogens is 2. The molecule has 6 nitrogen and oxygen atoms in total. The molecule has 0 saturated carbocycles. The molecule has 2 rings (SSSR count). The van der Waals surface area contributed by atoms with E-state index in [9.17, 15) is 0 Å². The first-order valence-corrected chi connectivity index (χ1v) is 5.22. The van der Waals surface area contributed by atoms with E-state index in [0.717, 1.165) is 0 Å². The maximum Gasteiger partial charge on any atom is 0.172 e. The molecule has 0 amide bonds. The summed E-state index contributed by atoms with van der Waals surface area (Å²) in [5.74, 6) is 0.250. The number of nitrogens with zero attached hydrogens (tertiary/aromatic N) is 4. The van der Waals surface area contributed by atoms with Crippen molar-refractivity contribution in [3.8, 4) is 5.82 Å². The number of aromatic nitrogens is 3. The lowest BCUT2D eigenvalue weighted by Crippen LogP contribution is -2.15. The van der Waals surface area contributed by atoms with Crippen LogP contribution in [0.2, 0.25) is 10.0 Å². The highest BCUT2D eigenvalue weighted by molar-refractivity contribution is 6.35. The molecule has 2 aromatic rings. The van der Waals surface area contributed by atoms with Crippen molar-refractivity contribution in [2.45, 2.75) is 0 Å². The Labute approximate surface area is 106 Å². The molecule has 0 aliphatic carbocycles. The molecule has 88 valence electrons. The molecule has 2 heterocycles. The van der Waals surface area contributed by atoms with Crippen molar-refractivity contribution < 1.29 is 5.21 Å². The van der Waals surface area contributed by atoms with Crippen LogP contribution in [0.25, 0.3) is 5.82 Å². The van der Waals surface area contributed by atoms with Gasteiger partial charge >= 0.3 is 0 Å². The predicted molar refractivity (Wildman–Crippen MR) is 63.9 cm³/mol. The van der Waals surface area contributed by atoms with Crippen LogP contribution in [0.4, 0.5) is 0 Å². The normalized spacial score (nSPS) is 11.8. The highest BCUT2D eigenvalue weighted by Gasteiger charge is 2.13. The molecule has 0 spiro atoms. The van der Waals surface area contributed by atoms with Crippen molar-refractivity contribution in [2.75, 3.05) is 0 Å². The monoisotopic (exact) mass is 271 g/mol. The summed E-state index contributed by atoms with van der Waals surface area (Å²) in [5.41, 5.74) is 5.85. The minimum atomic E-state index is -0.100. The summed E-state index contributed by atoms with van der Waals surface area (Å²) < 4.78 is 1.40. The molecule has 0 aromatic carbocycles. The summed E-state index contributed by atoms with van der Waals surface area (Å²) in [5, 5.41) is 16.2. The Morgan fingerprint density at radius 3 is 2.82 bits per heavy atom. The third-order valence-electron chi connectivity index (χ3n) is 2.02. The summed E-state index contributed by atoms with van der Waals surface area (Å²) in [6.45, 7) is 0. The van der Waals surface area contributed by atoms with Gasteiger partial charge in [-0.25, -0.2) is 9.67 Å². The van der Waals surface area contributed by atoms with Crippen LogP contribution in [0.1, 0.15) is 5.56 Å². The van der Waals surface area contributed by atoms with Gasteiger partial charge in [-0.1, -0.05) is 28.4 Å². The summed E-state index contributed by atoms with van der Waals surface area (Å²) in [6, 6.07) is 1.53. The van der Waals surface area contributed by atoms with Crippen molar-refractivity contribution in [2.24, 2.45) is 10.9 Å². The maximum absolute atomic E-state index is 8.62. The molecule has 0 radical (unpaired) electrons. The van der Waals surface area contributed by atoms with E-state index in [4.69, 9.17) is 34.1 Å². The molecule has 0 fully saturated rings. The Morgan fingerprint density at radius 1 is 1.47 bits per heavy atom. The number of amidine groups is 1. The molecule has 3 N–H and O–H groups in total.